The summed E-state index contributed by atoms with van der Waals surface area (Å²) in [5, 5.41) is 4.28. The highest BCUT2D eigenvalue weighted by atomic mass is 28.3. The van der Waals surface area contributed by atoms with Gasteiger partial charge in [0, 0.05) is 5.56 Å². The van der Waals surface area contributed by atoms with Crippen molar-refractivity contribution in [2.45, 2.75) is 47.3 Å². The summed E-state index contributed by atoms with van der Waals surface area (Å²) in [6.07, 6.45) is 2.28. The molecular weight excluding hydrogens is 318 g/mol. The Morgan fingerprint density at radius 1 is 0.800 bits per heavy atom. The number of rotatable bonds is 2. The first-order valence-corrected chi connectivity index (χ1v) is 12.6. The molecule has 0 aliphatic carbocycles. The topological polar surface area (TPSA) is 3.88 Å². The maximum atomic E-state index is 2.44. The number of hydrogen-bond acceptors (Lipinski definition) is 0. The Kier molecular flexibility index (Phi) is 4.36. The van der Waals surface area contributed by atoms with E-state index in [1.807, 2.05) is 0 Å². The highest BCUT2D eigenvalue weighted by molar-refractivity contribution is 6.88. The van der Waals surface area contributed by atoms with E-state index in [-0.39, 0.29) is 0 Å². The van der Waals surface area contributed by atoms with Gasteiger partial charge in [-0.2, -0.15) is 0 Å². The van der Waals surface area contributed by atoms with Gasteiger partial charge in [-0.3, -0.25) is 0 Å². The van der Waals surface area contributed by atoms with Gasteiger partial charge in [0.25, 0.3) is 0 Å². The number of fused-ring (bicyclic) bond motifs is 1. The zero-order valence-electron chi connectivity index (χ0n) is 16.9. The van der Waals surface area contributed by atoms with E-state index < -0.39 is 8.07 Å². The first kappa shape index (κ1) is 17.9. The van der Waals surface area contributed by atoms with E-state index in [2.05, 4.69) is 95.5 Å². The molecule has 2 heteroatoms. The minimum Gasteiger partial charge on any atom is -0.200 e. The third-order valence-corrected chi connectivity index (χ3v) is 7.42. The van der Waals surface area contributed by atoms with Gasteiger partial charge in [-0.25, -0.2) is 4.57 Å². The van der Waals surface area contributed by atoms with Crippen LogP contribution in [-0.2, 0) is 7.05 Å². The second-order valence-electron chi connectivity index (χ2n) is 8.54. The second-order valence-corrected chi connectivity index (χ2v) is 13.6. The minimum atomic E-state index is -1.32. The van der Waals surface area contributed by atoms with Crippen molar-refractivity contribution >= 4 is 24.0 Å². The smallest absolute Gasteiger partial charge is 0.200 e. The Morgan fingerprint density at radius 2 is 1.48 bits per heavy atom. The molecule has 0 amide bonds. The van der Waals surface area contributed by atoms with E-state index >= 15 is 0 Å². The number of hydrogen-bond donors (Lipinski definition) is 0. The summed E-state index contributed by atoms with van der Waals surface area (Å²) in [6.45, 7) is 16.1. The zero-order valence-corrected chi connectivity index (χ0v) is 17.9. The predicted molar refractivity (Wildman–Crippen MR) is 112 cm³/mol. The molecule has 0 unspecified atom stereocenters. The summed E-state index contributed by atoms with van der Waals surface area (Å²) < 4.78 is 2.30. The molecule has 2 aromatic carbocycles. The molecule has 0 bridgehead atoms. The fourth-order valence-electron chi connectivity index (χ4n) is 3.78. The normalized spacial score (nSPS) is 12.0. The number of aryl methyl sites for hydroxylation is 4. The summed E-state index contributed by atoms with van der Waals surface area (Å²) in [7, 11) is 0.853. The molecular formula is C23H30NSi+. The largest absolute Gasteiger partial charge is 0.220 e. The van der Waals surface area contributed by atoms with Crippen molar-refractivity contribution in [3.05, 3.63) is 58.8 Å². The zero-order chi connectivity index (χ0) is 18.5. The summed E-state index contributed by atoms with van der Waals surface area (Å²) in [5.41, 5.74) is 8.09. The lowest BCUT2D eigenvalue weighted by Gasteiger charge is -2.18. The first-order chi connectivity index (χ1) is 11.6. The van der Waals surface area contributed by atoms with Crippen molar-refractivity contribution in [1.82, 2.24) is 0 Å². The Hall–Kier alpha value is -1.93. The molecule has 1 aromatic heterocycles. The van der Waals surface area contributed by atoms with E-state index in [1.165, 1.54) is 49.5 Å². The molecule has 3 aromatic rings. The number of benzene rings is 2. The standard InChI is InChI=1S/C23H30NSi/c1-15-11-16(2)18(4)22(12-15)23-20-10-9-19(25(6,7)8)13-21(20)17(3)14-24(23)5/h9-14H,1-8H3/q+1. The third-order valence-electron chi connectivity index (χ3n) is 5.37. The Labute approximate surface area is 153 Å². The highest BCUT2D eigenvalue weighted by Gasteiger charge is 2.22. The molecule has 130 valence electrons. The van der Waals surface area contributed by atoms with Gasteiger partial charge in [-0.15, -0.1) is 0 Å². The molecule has 0 atom stereocenters. The number of aromatic nitrogens is 1. The average Bonchev–Trinajstić information content (AvgIpc) is 2.50. The quantitative estimate of drug-likeness (QED) is 0.447. The van der Waals surface area contributed by atoms with Gasteiger partial charge in [0.05, 0.1) is 19.0 Å². The van der Waals surface area contributed by atoms with Crippen molar-refractivity contribution in [1.29, 1.82) is 0 Å². The van der Waals surface area contributed by atoms with E-state index in [9.17, 15) is 0 Å². The SMILES string of the molecule is Cc1cc(C)c(C)c(-c2c3ccc([Si](C)(C)C)cc3c(C)c[n+]2C)c1. The van der Waals surface area contributed by atoms with Crippen molar-refractivity contribution in [3.8, 4) is 11.3 Å². The summed E-state index contributed by atoms with van der Waals surface area (Å²) in [6, 6.07) is 11.8. The second kappa shape index (κ2) is 6.10. The molecule has 0 fully saturated rings. The van der Waals surface area contributed by atoms with Gasteiger partial charge in [0.15, 0.2) is 6.20 Å². The fourth-order valence-corrected chi connectivity index (χ4v) is 4.94. The molecule has 0 aliphatic rings. The number of pyridine rings is 1. The molecule has 0 saturated heterocycles. The molecule has 0 N–H and O–H groups in total. The van der Waals surface area contributed by atoms with Crippen LogP contribution in [-0.4, -0.2) is 8.07 Å². The van der Waals surface area contributed by atoms with E-state index in [0.29, 0.717) is 0 Å². The molecule has 25 heavy (non-hydrogen) atoms. The monoisotopic (exact) mass is 348 g/mol. The molecule has 1 heterocycles. The fraction of sp³-hybridized carbons (Fsp3) is 0.348. The van der Waals surface area contributed by atoms with Crippen LogP contribution in [0.15, 0.2) is 36.5 Å². The lowest BCUT2D eigenvalue weighted by atomic mass is 9.94. The van der Waals surface area contributed by atoms with E-state index in [4.69, 9.17) is 0 Å². The molecule has 0 aliphatic heterocycles. The summed E-state index contributed by atoms with van der Waals surface area (Å²) in [4.78, 5) is 0. The Bertz CT molecular complexity index is 978. The highest BCUT2D eigenvalue weighted by Crippen LogP contribution is 2.31. The van der Waals surface area contributed by atoms with Crippen molar-refractivity contribution < 1.29 is 4.57 Å². The summed E-state index contributed by atoms with van der Waals surface area (Å²) in [5.74, 6) is 0. The van der Waals surface area contributed by atoms with Crippen LogP contribution in [0.25, 0.3) is 22.0 Å². The molecule has 3 rings (SSSR count). The lowest BCUT2D eigenvalue weighted by Crippen LogP contribution is -2.38. The van der Waals surface area contributed by atoms with Gasteiger partial charge >= 0.3 is 0 Å². The van der Waals surface area contributed by atoms with Crippen LogP contribution in [0.2, 0.25) is 19.6 Å². The van der Waals surface area contributed by atoms with Gasteiger partial charge in [0.1, 0.15) is 7.05 Å². The van der Waals surface area contributed by atoms with Crippen molar-refractivity contribution in [3.63, 3.8) is 0 Å². The third kappa shape index (κ3) is 3.16. The Balaban J connectivity index is 2.41. The Morgan fingerprint density at radius 3 is 2.12 bits per heavy atom. The van der Waals surface area contributed by atoms with Crippen LogP contribution < -0.4 is 9.75 Å². The van der Waals surface area contributed by atoms with Crippen LogP contribution in [0.1, 0.15) is 22.3 Å². The van der Waals surface area contributed by atoms with Gasteiger partial charge in [-0.1, -0.05) is 48.6 Å². The van der Waals surface area contributed by atoms with Crippen molar-refractivity contribution in [2.75, 3.05) is 0 Å². The van der Waals surface area contributed by atoms with E-state index in [1.54, 1.807) is 0 Å². The average molecular weight is 349 g/mol. The molecule has 0 radical (unpaired) electrons. The van der Waals surface area contributed by atoms with Crippen LogP contribution in [0.5, 0.6) is 0 Å². The van der Waals surface area contributed by atoms with Crippen LogP contribution in [0.3, 0.4) is 0 Å². The van der Waals surface area contributed by atoms with Gasteiger partial charge in [-0.05, 0) is 56.3 Å². The van der Waals surface area contributed by atoms with Crippen LogP contribution >= 0.6 is 0 Å². The first-order valence-electron chi connectivity index (χ1n) is 9.11. The van der Waals surface area contributed by atoms with Crippen LogP contribution in [0, 0.1) is 27.7 Å². The van der Waals surface area contributed by atoms with E-state index in [0.717, 1.165) is 0 Å². The molecule has 1 nitrogen and oxygen atoms in total. The number of nitrogens with zero attached hydrogens (tertiary/aromatic N) is 1. The maximum Gasteiger partial charge on any atom is 0.220 e. The van der Waals surface area contributed by atoms with Gasteiger partial charge in [0.2, 0.25) is 5.69 Å². The molecule has 0 spiro atoms. The van der Waals surface area contributed by atoms with Crippen LogP contribution in [0.4, 0.5) is 0 Å². The molecule has 0 saturated carbocycles. The van der Waals surface area contributed by atoms with Gasteiger partial charge < -0.3 is 0 Å². The lowest BCUT2D eigenvalue weighted by molar-refractivity contribution is -0.659. The maximum absolute atomic E-state index is 2.44. The minimum absolute atomic E-state index is 1.32. The van der Waals surface area contributed by atoms with Crippen molar-refractivity contribution in [2.24, 2.45) is 7.05 Å². The predicted octanol–water partition coefficient (Wildman–Crippen LogP) is 5.11. The summed E-state index contributed by atoms with van der Waals surface area (Å²) >= 11 is 0.